The van der Waals surface area contributed by atoms with E-state index >= 15 is 0 Å². The van der Waals surface area contributed by atoms with Gasteiger partial charge in [0.05, 0.1) is 5.56 Å². The van der Waals surface area contributed by atoms with Crippen molar-refractivity contribution in [3.8, 4) is 0 Å². The van der Waals surface area contributed by atoms with Crippen molar-refractivity contribution >= 4 is 17.3 Å². The van der Waals surface area contributed by atoms with Crippen LogP contribution in [-0.2, 0) is 0 Å². The maximum atomic E-state index is 13.6. The van der Waals surface area contributed by atoms with Gasteiger partial charge in [-0.3, -0.25) is 4.79 Å². The molecule has 0 fully saturated rings. The molecule has 1 aliphatic heterocycles. The Morgan fingerprint density at radius 2 is 1.83 bits per heavy atom. The molecule has 2 aromatic carbocycles. The molecule has 1 atom stereocenters. The van der Waals surface area contributed by atoms with Gasteiger partial charge in [0.1, 0.15) is 0 Å². The zero-order chi connectivity index (χ0) is 21.1. The molecule has 0 saturated heterocycles. The van der Waals surface area contributed by atoms with Gasteiger partial charge >= 0.3 is 0 Å². The van der Waals surface area contributed by atoms with Crippen molar-refractivity contribution in [2.24, 2.45) is 5.41 Å². The highest BCUT2D eigenvalue weighted by atomic mass is 16.2. The normalized spacial score (nSPS) is 18.7. The SMILES string of the molecule is CC(C)(C)C1CN(C(=O)c2ccccc2NCCC2=CCCCC2)c2ccccc21. The summed E-state index contributed by atoms with van der Waals surface area (Å²) >= 11 is 0. The predicted molar refractivity (Wildman–Crippen MR) is 126 cm³/mol. The lowest BCUT2D eigenvalue weighted by Crippen LogP contribution is -2.33. The molecule has 158 valence electrons. The Bertz CT molecular complexity index is 938. The number of nitrogens with zero attached hydrogens (tertiary/aromatic N) is 1. The van der Waals surface area contributed by atoms with Crippen molar-refractivity contribution in [1.82, 2.24) is 0 Å². The van der Waals surface area contributed by atoms with E-state index in [2.05, 4.69) is 50.4 Å². The van der Waals surface area contributed by atoms with Gasteiger partial charge in [0, 0.05) is 30.4 Å². The van der Waals surface area contributed by atoms with Gasteiger partial charge in [-0.05, 0) is 61.3 Å². The number of hydrogen-bond acceptors (Lipinski definition) is 2. The number of amides is 1. The summed E-state index contributed by atoms with van der Waals surface area (Å²) in [7, 11) is 0. The summed E-state index contributed by atoms with van der Waals surface area (Å²) in [6.45, 7) is 8.40. The van der Waals surface area contributed by atoms with E-state index in [1.165, 1.54) is 31.2 Å². The summed E-state index contributed by atoms with van der Waals surface area (Å²) in [6.07, 6.45) is 8.53. The van der Waals surface area contributed by atoms with Crippen molar-refractivity contribution in [1.29, 1.82) is 0 Å². The van der Waals surface area contributed by atoms with Crippen LogP contribution in [0.5, 0.6) is 0 Å². The summed E-state index contributed by atoms with van der Waals surface area (Å²) < 4.78 is 0. The van der Waals surface area contributed by atoms with Crippen LogP contribution in [-0.4, -0.2) is 19.0 Å². The molecule has 2 aliphatic rings. The van der Waals surface area contributed by atoms with E-state index in [0.29, 0.717) is 5.92 Å². The number of allylic oxidation sites excluding steroid dienone is 1. The molecular formula is C27H34N2O. The summed E-state index contributed by atoms with van der Waals surface area (Å²) in [5.41, 5.74) is 5.71. The van der Waals surface area contributed by atoms with Crippen LogP contribution in [0.4, 0.5) is 11.4 Å². The fourth-order valence-corrected chi connectivity index (χ4v) is 4.80. The Morgan fingerprint density at radius 1 is 1.07 bits per heavy atom. The van der Waals surface area contributed by atoms with Crippen LogP contribution in [0.1, 0.15) is 74.7 Å². The summed E-state index contributed by atoms with van der Waals surface area (Å²) in [5, 5.41) is 3.54. The van der Waals surface area contributed by atoms with Gasteiger partial charge in [-0.1, -0.05) is 62.8 Å². The highest BCUT2D eigenvalue weighted by molar-refractivity contribution is 6.10. The van der Waals surface area contributed by atoms with E-state index in [1.54, 1.807) is 5.57 Å². The number of fused-ring (bicyclic) bond motifs is 1. The molecule has 0 aromatic heterocycles. The van der Waals surface area contributed by atoms with Gasteiger partial charge in [-0.2, -0.15) is 0 Å². The van der Waals surface area contributed by atoms with Crippen molar-refractivity contribution < 1.29 is 4.79 Å². The van der Waals surface area contributed by atoms with E-state index in [-0.39, 0.29) is 11.3 Å². The van der Waals surface area contributed by atoms with Crippen LogP contribution in [0.25, 0.3) is 0 Å². The molecule has 0 bridgehead atoms. The van der Waals surface area contributed by atoms with Crippen LogP contribution in [0, 0.1) is 5.41 Å². The molecule has 0 radical (unpaired) electrons. The van der Waals surface area contributed by atoms with E-state index in [9.17, 15) is 4.79 Å². The monoisotopic (exact) mass is 402 g/mol. The maximum Gasteiger partial charge on any atom is 0.260 e. The smallest absolute Gasteiger partial charge is 0.260 e. The zero-order valence-corrected chi connectivity index (χ0v) is 18.6. The Labute approximate surface area is 181 Å². The lowest BCUT2D eigenvalue weighted by atomic mass is 9.78. The summed E-state index contributed by atoms with van der Waals surface area (Å²) in [4.78, 5) is 15.6. The topological polar surface area (TPSA) is 32.3 Å². The molecule has 3 heteroatoms. The van der Waals surface area contributed by atoms with Crippen LogP contribution >= 0.6 is 0 Å². The maximum absolute atomic E-state index is 13.6. The molecule has 1 unspecified atom stereocenters. The van der Waals surface area contributed by atoms with Crippen molar-refractivity contribution in [2.75, 3.05) is 23.3 Å². The van der Waals surface area contributed by atoms with E-state index in [4.69, 9.17) is 0 Å². The number of anilines is 2. The third kappa shape index (κ3) is 4.30. The molecule has 1 aliphatic carbocycles. The Balaban J connectivity index is 1.53. The van der Waals surface area contributed by atoms with Gasteiger partial charge in [0.2, 0.25) is 0 Å². The first-order chi connectivity index (χ1) is 14.4. The molecule has 0 saturated carbocycles. The number of benzene rings is 2. The second-order valence-electron chi connectivity index (χ2n) is 9.72. The van der Waals surface area contributed by atoms with E-state index < -0.39 is 0 Å². The van der Waals surface area contributed by atoms with Crippen LogP contribution < -0.4 is 10.2 Å². The van der Waals surface area contributed by atoms with E-state index in [0.717, 1.165) is 36.4 Å². The highest BCUT2D eigenvalue weighted by Gasteiger charge is 2.39. The average molecular weight is 403 g/mol. The minimum atomic E-state index is 0.0918. The van der Waals surface area contributed by atoms with Crippen LogP contribution in [0.15, 0.2) is 60.2 Å². The highest BCUT2D eigenvalue weighted by Crippen LogP contribution is 2.46. The molecule has 2 aromatic rings. The average Bonchev–Trinajstić information content (AvgIpc) is 3.15. The van der Waals surface area contributed by atoms with E-state index in [1.807, 2.05) is 35.2 Å². The minimum Gasteiger partial charge on any atom is -0.384 e. The fraction of sp³-hybridized carbons (Fsp3) is 0.444. The number of rotatable bonds is 5. The lowest BCUT2D eigenvalue weighted by molar-refractivity contribution is 0.0986. The zero-order valence-electron chi connectivity index (χ0n) is 18.6. The fourth-order valence-electron chi connectivity index (χ4n) is 4.80. The number of carbonyl (C=O) groups excluding carboxylic acids is 1. The third-order valence-electron chi connectivity index (χ3n) is 6.56. The second kappa shape index (κ2) is 8.67. The molecule has 3 nitrogen and oxygen atoms in total. The summed E-state index contributed by atoms with van der Waals surface area (Å²) in [6, 6.07) is 16.3. The predicted octanol–water partition coefficient (Wildman–Crippen LogP) is 6.78. The van der Waals surface area contributed by atoms with Gasteiger partial charge in [0.15, 0.2) is 0 Å². The van der Waals surface area contributed by atoms with Crippen molar-refractivity contribution in [3.05, 3.63) is 71.3 Å². The molecule has 1 heterocycles. The summed E-state index contributed by atoms with van der Waals surface area (Å²) in [5.74, 6) is 0.435. The van der Waals surface area contributed by atoms with Gasteiger partial charge < -0.3 is 10.2 Å². The van der Waals surface area contributed by atoms with Crippen LogP contribution in [0.2, 0.25) is 0 Å². The lowest BCUT2D eigenvalue weighted by Gasteiger charge is -2.28. The Hall–Kier alpha value is -2.55. The first-order valence-electron chi connectivity index (χ1n) is 11.4. The quantitative estimate of drug-likeness (QED) is 0.559. The number of carbonyl (C=O) groups is 1. The van der Waals surface area contributed by atoms with Gasteiger partial charge in [0.25, 0.3) is 5.91 Å². The Morgan fingerprint density at radius 3 is 2.60 bits per heavy atom. The van der Waals surface area contributed by atoms with Crippen LogP contribution in [0.3, 0.4) is 0 Å². The molecule has 1 N–H and O–H groups in total. The van der Waals surface area contributed by atoms with Crippen molar-refractivity contribution in [3.63, 3.8) is 0 Å². The molecule has 0 spiro atoms. The number of para-hydroxylation sites is 2. The van der Waals surface area contributed by atoms with Gasteiger partial charge in [-0.25, -0.2) is 0 Å². The number of nitrogens with one attached hydrogen (secondary N) is 1. The first-order valence-corrected chi connectivity index (χ1v) is 11.4. The molecular weight excluding hydrogens is 368 g/mol. The third-order valence-corrected chi connectivity index (χ3v) is 6.56. The van der Waals surface area contributed by atoms with Gasteiger partial charge in [-0.15, -0.1) is 0 Å². The molecule has 4 rings (SSSR count). The molecule has 1 amide bonds. The standard InChI is InChI=1S/C27H34N2O/c1-27(2,3)23-19-29(25-16-10-8-13-21(23)25)26(30)22-14-7-9-15-24(22)28-18-17-20-11-5-4-6-12-20/h7-11,13-16,23,28H,4-6,12,17-19H2,1-3H3. The van der Waals surface area contributed by atoms with Crippen molar-refractivity contribution in [2.45, 2.75) is 58.8 Å². The largest absolute Gasteiger partial charge is 0.384 e. The second-order valence-corrected chi connectivity index (χ2v) is 9.72. The minimum absolute atomic E-state index is 0.0918. The Kier molecular flexibility index (Phi) is 5.99. The number of hydrogen-bond donors (Lipinski definition) is 1. The first kappa shape index (κ1) is 20.7. The molecule has 30 heavy (non-hydrogen) atoms.